The van der Waals surface area contributed by atoms with E-state index in [1.165, 1.54) is 5.69 Å². The van der Waals surface area contributed by atoms with Crippen LogP contribution >= 0.6 is 0 Å². The number of carbonyl (C=O) groups is 1. The van der Waals surface area contributed by atoms with Gasteiger partial charge in [0.05, 0.1) is 17.4 Å². The number of primary amides is 1. The molecule has 5 heteroatoms. The summed E-state index contributed by atoms with van der Waals surface area (Å²) in [6.45, 7) is 2.22. The number of amides is 1. The molecule has 4 N–H and O–H groups in total. The zero-order valence-corrected chi connectivity index (χ0v) is 10.7. The SMILES string of the molecule is CN1CCN(C(CN)CC(N)=O)c2ccccc21. The molecule has 0 saturated heterocycles. The Morgan fingerprint density at radius 3 is 2.61 bits per heavy atom. The number of nitrogens with two attached hydrogens (primary N) is 2. The molecular formula is C13H20N4O. The van der Waals surface area contributed by atoms with Crippen LogP contribution in [0.15, 0.2) is 24.3 Å². The first-order valence-electron chi connectivity index (χ1n) is 6.18. The topological polar surface area (TPSA) is 75.6 Å². The summed E-state index contributed by atoms with van der Waals surface area (Å²) < 4.78 is 0. The van der Waals surface area contributed by atoms with Gasteiger partial charge in [-0.2, -0.15) is 0 Å². The summed E-state index contributed by atoms with van der Waals surface area (Å²) in [6.07, 6.45) is 0.300. The van der Waals surface area contributed by atoms with Crippen LogP contribution < -0.4 is 21.3 Å². The van der Waals surface area contributed by atoms with E-state index in [2.05, 4.69) is 29.0 Å². The van der Waals surface area contributed by atoms with Crippen molar-refractivity contribution in [3.8, 4) is 0 Å². The number of para-hydroxylation sites is 2. The number of likely N-dealkylation sites (N-methyl/N-ethyl adjacent to an activating group) is 1. The maximum Gasteiger partial charge on any atom is 0.219 e. The Morgan fingerprint density at radius 1 is 1.33 bits per heavy atom. The number of anilines is 2. The molecule has 0 bridgehead atoms. The van der Waals surface area contributed by atoms with E-state index < -0.39 is 0 Å². The first-order chi connectivity index (χ1) is 8.63. The van der Waals surface area contributed by atoms with Gasteiger partial charge in [-0.15, -0.1) is 0 Å². The average Bonchev–Trinajstić information content (AvgIpc) is 2.37. The van der Waals surface area contributed by atoms with E-state index in [4.69, 9.17) is 11.5 Å². The van der Waals surface area contributed by atoms with E-state index >= 15 is 0 Å². The highest BCUT2D eigenvalue weighted by Gasteiger charge is 2.26. The average molecular weight is 248 g/mol. The molecule has 0 aliphatic carbocycles. The third-order valence-electron chi connectivity index (χ3n) is 3.43. The molecule has 1 heterocycles. The Balaban J connectivity index is 2.29. The predicted molar refractivity (Wildman–Crippen MR) is 73.7 cm³/mol. The van der Waals surface area contributed by atoms with Gasteiger partial charge >= 0.3 is 0 Å². The molecule has 18 heavy (non-hydrogen) atoms. The lowest BCUT2D eigenvalue weighted by atomic mass is 10.1. The highest BCUT2D eigenvalue weighted by Crippen LogP contribution is 2.33. The van der Waals surface area contributed by atoms with Gasteiger partial charge in [0.25, 0.3) is 0 Å². The van der Waals surface area contributed by atoms with Crippen molar-refractivity contribution in [1.82, 2.24) is 0 Å². The van der Waals surface area contributed by atoms with Crippen LogP contribution in [0.1, 0.15) is 6.42 Å². The number of nitrogens with zero attached hydrogens (tertiary/aromatic N) is 2. The zero-order chi connectivity index (χ0) is 13.1. The maximum atomic E-state index is 11.1. The number of hydrogen-bond donors (Lipinski definition) is 2. The smallest absolute Gasteiger partial charge is 0.219 e. The molecule has 1 atom stereocenters. The highest BCUT2D eigenvalue weighted by molar-refractivity contribution is 5.77. The third-order valence-corrected chi connectivity index (χ3v) is 3.43. The molecule has 1 aromatic rings. The Labute approximate surface area is 107 Å². The fourth-order valence-corrected chi connectivity index (χ4v) is 2.46. The summed E-state index contributed by atoms with van der Waals surface area (Å²) in [5.41, 5.74) is 13.4. The number of hydrogen-bond acceptors (Lipinski definition) is 4. The summed E-state index contributed by atoms with van der Waals surface area (Å²) in [4.78, 5) is 15.5. The summed E-state index contributed by atoms with van der Waals surface area (Å²) in [6, 6.07) is 8.15. The van der Waals surface area contributed by atoms with Gasteiger partial charge in [0, 0.05) is 33.1 Å². The van der Waals surface area contributed by atoms with Crippen molar-refractivity contribution in [2.75, 3.05) is 36.5 Å². The van der Waals surface area contributed by atoms with E-state index in [-0.39, 0.29) is 11.9 Å². The van der Waals surface area contributed by atoms with Gasteiger partial charge in [0.2, 0.25) is 5.91 Å². The number of carbonyl (C=O) groups excluding carboxylic acids is 1. The first-order valence-corrected chi connectivity index (χ1v) is 6.18. The van der Waals surface area contributed by atoms with Gasteiger partial charge in [0.15, 0.2) is 0 Å². The zero-order valence-electron chi connectivity index (χ0n) is 10.7. The van der Waals surface area contributed by atoms with Crippen molar-refractivity contribution in [2.45, 2.75) is 12.5 Å². The summed E-state index contributed by atoms with van der Waals surface area (Å²) in [7, 11) is 2.07. The molecule has 0 spiro atoms. The van der Waals surface area contributed by atoms with Crippen LogP contribution in [-0.2, 0) is 4.79 Å². The quantitative estimate of drug-likeness (QED) is 0.795. The molecule has 0 aromatic heterocycles. The Morgan fingerprint density at radius 2 is 2.00 bits per heavy atom. The molecule has 1 aliphatic heterocycles. The Hall–Kier alpha value is -1.75. The van der Waals surface area contributed by atoms with E-state index in [1.807, 2.05) is 12.1 Å². The van der Waals surface area contributed by atoms with Crippen LogP contribution in [-0.4, -0.2) is 38.6 Å². The monoisotopic (exact) mass is 248 g/mol. The Bertz CT molecular complexity index is 435. The van der Waals surface area contributed by atoms with E-state index in [1.54, 1.807) is 0 Å². The van der Waals surface area contributed by atoms with Crippen molar-refractivity contribution >= 4 is 17.3 Å². The van der Waals surface area contributed by atoms with Crippen molar-refractivity contribution in [3.63, 3.8) is 0 Å². The Kier molecular flexibility index (Phi) is 3.72. The van der Waals surface area contributed by atoms with Crippen LogP contribution in [0.5, 0.6) is 0 Å². The van der Waals surface area contributed by atoms with E-state index in [9.17, 15) is 4.79 Å². The summed E-state index contributed by atoms with van der Waals surface area (Å²) >= 11 is 0. The third kappa shape index (κ3) is 2.41. The van der Waals surface area contributed by atoms with Crippen LogP contribution in [0.2, 0.25) is 0 Å². The minimum absolute atomic E-state index is 0.0163. The molecule has 5 nitrogen and oxygen atoms in total. The molecule has 0 radical (unpaired) electrons. The lowest BCUT2D eigenvalue weighted by molar-refractivity contribution is -0.118. The molecular weight excluding hydrogens is 228 g/mol. The number of rotatable bonds is 4. The summed E-state index contributed by atoms with van der Waals surface area (Å²) in [5, 5.41) is 0. The molecule has 1 aromatic carbocycles. The minimum atomic E-state index is -0.304. The lowest BCUT2D eigenvalue weighted by Crippen LogP contribution is -2.49. The fraction of sp³-hybridized carbons (Fsp3) is 0.462. The molecule has 1 amide bonds. The van der Waals surface area contributed by atoms with Gasteiger partial charge in [-0.1, -0.05) is 12.1 Å². The van der Waals surface area contributed by atoms with Crippen LogP contribution in [0, 0.1) is 0 Å². The number of benzene rings is 1. The standard InChI is InChI=1S/C13H20N4O/c1-16-6-7-17(10(9-14)8-13(15)18)12-5-3-2-4-11(12)16/h2-5,10H,6-9,14H2,1H3,(H2,15,18). The second-order valence-corrected chi connectivity index (χ2v) is 4.66. The van der Waals surface area contributed by atoms with E-state index in [0.717, 1.165) is 18.8 Å². The second kappa shape index (κ2) is 5.27. The fourth-order valence-electron chi connectivity index (χ4n) is 2.46. The predicted octanol–water partition coefficient (Wildman–Crippen LogP) is 0.146. The molecule has 2 rings (SSSR count). The first kappa shape index (κ1) is 12.7. The maximum absolute atomic E-state index is 11.1. The van der Waals surface area contributed by atoms with Gasteiger partial charge in [-0.05, 0) is 12.1 Å². The molecule has 1 unspecified atom stereocenters. The molecule has 0 saturated carbocycles. The van der Waals surface area contributed by atoms with Crippen LogP contribution in [0.4, 0.5) is 11.4 Å². The molecule has 0 fully saturated rings. The number of fused-ring (bicyclic) bond motifs is 1. The van der Waals surface area contributed by atoms with Crippen molar-refractivity contribution < 1.29 is 4.79 Å². The van der Waals surface area contributed by atoms with Gasteiger partial charge in [0.1, 0.15) is 0 Å². The van der Waals surface area contributed by atoms with Gasteiger partial charge in [-0.3, -0.25) is 4.79 Å². The normalized spacial score (nSPS) is 16.3. The molecule has 1 aliphatic rings. The lowest BCUT2D eigenvalue weighted by Gasteiger charge is -2.41. The van der Waals surface area contributed by atoms with Gasteiger partial charge in [-0.25, -0.2) is 0 Å². The van der Waals surface area contributed by atoms with Crippen LogP contribution in [0.25, 0.3) is 0 Å². The summed E-state index contributed by atoms with van der Waals surface area (Å²) in [5.74, 6) is -0.304. The largest absolute Gasteiger partial charge is 0.371 e. The van der Waals surface area contributed by atoms with Crippen molar-refractivity contribution in [2.24, 2.45) is 11.5 Å². The van der Waals surface area contributed by atoms with Crippen molar-refractivity contribution in [1.29, 1.82) is 0 Å². The minimum Gasteiger partial charge on any atom is -0.371 e. The second-order valence-electron chi connectivity index (χ2n) is 4.66. The van der Waals surface area contributed by atoms with Crippen molar-refractivity contribution in [3.05, 3.63) is 24.3 Å². The van der Waals surface area contributed by atoms with Crippen LogP contribution in [0.3, 0.4) is 0 Å². The van der Waals surface area contributed by atoms with E-state index in [0.29, 0.717) is 13.0 Å². The van der Waals surface area contributed by atoms with Gasteiger partial charge < -0.3 is 21.3 Å². The highest BCUT2D eigenvalue weighted by atomic mass is 16.1. The molecule has 98 valence electrons.